The molecule has 0 amide bonds. The molecular formula is C11H15FN2O2S. The van der Waals surface area contributed by atoms with Crippen molar-refractivity contribution in [3.05, 3.63) is 35.1 Å². The topological polar surface area (TPSA) is 63.4 Å². The number of nitrogens with zero attached hydrogens (tertiary/aromatic N) is 1. The summed E-state index contributed by atoms with van der Waals surface area (Å²) in [7, 11) is -3.19. The van der Waals surface area contributed by atoms with Gasteiger partial charge in [-0.2, -0.15) is 4.31 Å². The highest BCUT2D eigenvalue weighted by Gasteiger charge is 2.28. The molecule has 1 aromatic carbocycles. The summed E-state index contributed by atoms with van der Waals surface area (Å²) in [4.78, 5) is 0. The molecule has 94 valence electrons. The standard InChI is InChI=1S/C11H15FN2O2S/c12-11-3-2-9(7-13)6-10(11)8-14-4-1-5-17(14,15)16/h2-3,6H,1,4-5,7-8,13H2. The summed E-state index contributed by atoms with van der Waals surface area (Å²) in [6.07, 6.45) is 0.612. The van der Waals surface area contributed by atoms with Gasteiger partial charge in [0.15, 0.2) is 0 Å². The van der Waals surface area contributed by atoms with E-state index in [2.05, 4.69) is 0 Å². The van der Waals surface area contributed by atoms with E-state index in [1.165, 1.54) is 10.4 Å². The molecule has 0 unspecified atom stereocenters. The molecule has 1 saturated heterocycles. The maximum absolute atomic E-state index is 13.5. The molecule has 1 aliphatic heterocycles. The van der Waals surface area contributed by atoms with Gasteiger partial charge in [0, 0.05) is 25.2 Å². The number of rotatable bonds is 3. The van der Waals surface area contributed by atoms with Crippen molar-refractivity contribution in [3.63, 3.8) is 0 Å². The molecule has 4 nitrogen and oxygen atoms in total. The number of hydrogen-bond acceptors (Lipinski definition) is 3. The lowest BCUT2D eigenvalue weighted by Gasteiger charge is -2.15. The zero-order chi connectivity index (χ0) is 12.5. The van der Waals surface area contributed by atoms with Gasteiger partial charge >= 0.3 is 0 Å². The van der Waals surface area contributed by atoms with Crippen molar-refractivity contribution in [2.75, 3.05) is 12.3 Å². The Morgan fingerprint density at radius 2 is 2.18 bits per heavy atom. The Kier molecular flexibility index (Phi) is 3.46. The molecule has 17 heavy (non-hydrogen) atoms. The van der Waals surface area contributed by atoms with Crippen LogP contribution < -0.4 is 5.73 Å². The minimum absolute atomic E-state index is 0.0992. The van der Waals surface area contributed by atoms with E-state index < -0.39 is 10.0 Å². The van der Waals surface area contributed by atoms with Crippen LogP contribution >= 0.6 is 0 Å². The third-order valence-electron chi connectivity index (χ3n) is 2.90. The number of nitrogens with two attached hydrogens (primary N) is 1. The average molecular weight is 258 g/mol. The lowest BCUT2D eigenvalue weighted by molar-refractivity contribution is 0.430. The van der Waals surface area contributed by atoms with Crippen molar-refractivity contribution < 1.29 is 12.8 Å². The van der Waals surface area contributed by atoms with Gasteiger partial charge in [0.2, 0.25) is 10.0 Å². The average Bonchev–Trinajstić information content (AvgIpc) is 2.61. The first-order chi connectivity index (χ1) is 8.03. The summed E-state index contributed by atoms with van der Waals surface area (Å²) in [5.41, 5.74) is 6.67. The minimum Gasteiger partial charge on any atom is -0.326 e. The summed E-state index contributed by atoms with van der Waals surface area (Å²) in [5.74, 6) is -0.227. The van der Waals surface area contributed by atoms with E-state index in [1.54, 1.807) is 12.1 Å². The molecule has 1 fully saturated rings. The van der Waals surface area contributed by atoms with E-state index in [4.69, 9.17) is 5.73 Å². The van der Waals surface area contributed by atoms with Crippen LogP contribution in [-0.4, -0.2) is 25.0 Å². The predicted octanol–water partition coefficient (Wildman–Crippen LogP) is 0.820. The van der Waals surface area contributed by atoms with Gasteiger partial charge in [0.1, 0.15) is 5.82 Å². The Morgan fingerprint density at radius 1 is 1.41 bits per heavy atom. The van der Waals surface area contributed by atoms with Crippen molar-refractivity contribution in [1.82, 2.24) is 4.31 Å². The summed E-state index contributed by atoms with van der Waals surface area (Å²) in [6, 6.07) is 4.57. The molecule has 1 aromatic rings. The van der Waals surface area contributed by atoms with Crippen LogP contribution in [0.2, 0.25) is 0 Å². The zero-order valence-corrected chi connectivity index (χ0v) is 10.2. The smallest absolute Gasteiger partial charge is 0.214 e. The SMILES string of the molecule is NCc1ccc(F)c(CN2CCCS2(=O)=O)c1. The quantitative estimate of drug-likeness (QED) is 0.873. The Bertz CT molecular complexity index is 516. The molecule has 0 saturated carbocycles. The number of benzene rings is 1. The first-order valence-corrected chi connectivity index (χ1v) is 7.09. The number of hydrogen-bond donors (Lipinski definition) is 1. The second-order valence-corrected chi connectivity index (χ2v) is 6.22. The van der Waals surface area contributed by atoms with Crippen molar-refractivity contribution in [2.24, 2.45) is 5.73 Å². The van der Waals surface area contributed by atoms with Crippen molar-refractivity contribution in [3.8, 4) is 0 Å². The van der Waals surface area contributed by atoms with Crippen LogP contribution in [0.4, 0.5) is 4.39 Å². The van der Waals surface area contributed by atoms with E-state index >= 15 is 0 Å². The normalized spacial score (nSPS) is 19.6. The molecule has 1 heterocycles. The highest BCUT2D eigenvalue weighted by Crippen LogP contribution is 2.19. The van der Waals surface area contributed by atoms with Crippen molar-refractivity contribution in [1.29, 1.82) is 0 Å². The summed E-state index contributed by atoms with van der Waals surface area (Å²) in [6.45, 7) is 0.886. The van der Waals surface area contributed by atoms with E-state index in [-0.39, 0.29) is 18.1 Å². The van der Waals surface area contributed by atoms with Crippen molar-refractivity contribution >= 4 is 10.0 Å². The van der Waals surface area contributed by atoms with E-state index in [9.17, 15) is 12.8 Å². The van der Waals surface area contributed by atoms with Crippen LogP contribution in [0.5, 0.6) is 0 Å². The van der Waals surface area contributed by atoms with Gasteiger partial charge in [-0.25, -0.2) is 12.8 Å². The Labute approximate surface area is 100 Å². The fourth-order valence-electron chi connectivity index (χ4n) is 1.94. The fraction of sp³-hybridized carbons (Fsp3) is 0.455. The first kappa shape index (κ1) is 12.5. The van der Waals surface area contributed by atoms with Gasteiger partial charge in [0.05, 0.1) is 5.75 Å². The lowest BCUT2D eigenvalue weighted by Crippen LogP contribution is -2.25. The minimum atomic E-state index is -3.19. The molecule has 0 atom stereocenters. The third-order valence-corrected chi connectivity index (χ3v) is 4.80. The fourth-order valence-corrected chi connectivity index (χ4v) is 3.43. The van der Waals surface area contributed by atoms with Gasteiger partial charge < -0.3 is 5.73 Å². The predicted molar refractivity (Wildman–Crippen MR) is 63.1 cm³/mol. The van der Waals surface area contributed by atoms with Gasteiger partial charge in [0.25, 0.3) is 0 Å². The Hall–Kier alpha value is -0.980. The summed E-state index contributed by atoms with van der Waals surface area (Å²) >= 11 is 0. The van der Waals surface area contributed by atoms with Crippen molar-refractivity contribution in [2.45, 2.75) is 19.5 Å². The lowest BCUT2D eigenvalue weighted by atomic mass is 10.1. The molecular weight excluding hydrogens is 243 g/mol. The first-order valence-electron chi connectivity index (χ1n) is 5.48. The van der Waals surface area contributed by atoms with Crippen LogP contribution in [-0.2, 0) is 23.1 Å². The molecule has 0 spiro atoms. The summed E-state index contributed by atoms with van der Waals surface area (Å²) in [5, 5.41) is 0. The number of halogens is 1. The van der Waals surface area contributed by atoms with E-state index in [1.807, 2.05) is 0 Å². The molecule has 0 aliphatic carbocycles. The monoisotopic (exact) mass is 258 g/mol. The van der Waals surface area contributed by atoms with Crippen LogP contribution in [0.25, 0.3) is 0 Å². The highest BCUT2D eigenvalue weighted by atomic mass is 32.2. The molecule has 0 aromatic heterocycles. The summed E-state index contributed by atoms with van der Waals surface area (Å²) < 4.78 is 38.1. The largest absolute Gasteiger partial charge is 0.326 e. The van der Waals surface area contributed by atoms with Gasteiger partial charge in [-0.15, -0.1) is 0 Å². The Balaban J connectivity index is 2.24. The molecule has 2 N–H and O–H groups in total. The van der Waals surface area contributed by atoms with Gasteiger partial charge in [-0.1, -0.05) is 12.1 Å². The molecule has 6 heteroatoms. The number of sulfonamides is 1. The second-order valence-electron chi connectivity index (χ2n) is 4.13. The van der Waals surface area contributed by atoms with Gasteiger partial charge in [-0.05, 0) is 18.1 Å². The highest BCUT2D eigenvalue weighted by molar-refractivity contribution is 7.89. The molecule has 0 bridgehead atoms. The van der Waals surface area contributed by atoms with Gasteiger partial charge in [-0.3, -0.25) is 0 Å². The second kappa shape index (κ2) is 4.72. The van der Waals surface area contributed by atoms with Crippen LogP contribution in [0, 0.1) is 5.82 Å². The van der Waals surface area contributed by atoms with Crippen LogP contribution in [0.3, 0.4) is 0 Å². The van der Waals surface area contributed by atoms with E-state index in [0.29, 0.717) is 25.1 Å². The molecule has 2 rings (SSSR count). The molecule has 0 radical (unpaired) electrons. The maximum atomic E-state index is 13.5. The third kappa shape index (κ3) is 2.65. The Morgan fingerprint density at radius 3 is 2.76 bits per heavy atom. The van der Waals surface area contributed by atoms with Crippen LogP contribution in [0.15, 0.2) is 18.2 Å². The molecule has 1 aliphatic rings. The zero-order valence-electron chi connectivity index (χ0n) is 9.39. The van der Waals surface area contributed by atoms with E-state index in [0.717, 1.165) is 5.56 Å². The van der Waals surface area contributed by atoms with Crippen LogP contribution in [0.1, 0.15) is 17.5 Å². The maximum Gasteiger partial charge on any atom is 0.214 e.